The molecule has 0 spiro atoms. The van der Waals surface area contributed by atoms with Crippen molar-refractivity contribution in [1.82, 2.24) is 0 Å². The molecule has 0 saturated heterocycles. The van der Waals surface area contributed by atoms with Crippen molar-refractivity contribution in [2.75, 3.05) is 0 Å². The molecular formula is C15H21Br. The van der Waals surface area contributed by atoms with Gasteiger partial charge in [-0.1, -0.05) is 53.9 Å². The molecule has 0 nitrogen and oxygen atoms in total. The monoisotopic (exact) mass is 280 g/mol. The Labute approximate surface area is 108 Å². The van der Waals surface area contributed by atoms with Crippen LogP contribution in [0.25, 0.3) is 0 Å². The fraction of sp³-hybridized carbons (Fsp3) is 0.600. The van der Waals surface area contributed by atoms with Crippen LogP contribution in [0.1, 0.15) is 60.5 Å². The molecule has 0 aromatic heterocycles. The first-order valence-electron chi connectivity index (χ1n) is 6.57. The lowest BCUT2D eigenvalue weighted by Gasteiger charge is -2.18. The molecule has 1 aliphatic rings. The van der Waals surface area contributed by atoms with Gasteiger partial charge in [-0.2, -0.15) is 0 Å². The Hall–Kier alpha value is -0.300. The molecule has 0 radical (unpaired) electrons. The summed E-state index contributed by atoms with van der Waals surface area (Å²) >= 11 is 3.81. The van der Waals surface area contributed by atoms with Gasteiger partial charge in [0.2, 0.25) is 0 Å². The number of hydrogen-bond donors (Lipinski definition) is 0. The van der Waals surface area contributed by atoms with E-state index in [1.165, 1.54) is 50.5 Å². The summed E-state index contributed by atoms with van der Waals surface area (Å²) in [4.78, 5) is 0.555. The highest BCUT2D eigenvalue weighted by atomic mass is 79.9. The van der Waals surface area contributed by atoms with Crippen LogP contribution in [0.2, 0.25) is 0 Å². The van der Waals surface area contributed by atoms with Crippen molar-refractivity contribution < 1.29 is 0 Å². The third-order valence-electron chi connectivity index (χ3n) is 3.55. The van der Waals surface area contributed by atoms with E-state index in [4.69, 9.17) is 0 Å². The molecule has 88 valence electrons. The average molecular weight is 281 g/mol. The molecule has 0 aliphatic heterocycles. The number of hydrogen-bond acceptors (Lipinski definition) is 0. The van der Waals surface area contributed by atoms with E-state index in [9.17, 15) is 0 Å². The van der Waals surface area contributed by atoms with Gasteiger partial charge in [0, 0.05) is 4.83 Å². The number of benzene rings is 1. The Morgan fingerprint density at radius 2 is 1.94 bits per heavy atom. The molecule has 0 bridgehead atoms. The molecule has 0 heterocycles. The maximum atomic E-state index is 3.81. The van der Waals surface area contributed by atoms with Crippen molar-refractivity contribution in [3.8, 4) is 0 Å². The Balaban J connectivity index is 2.10. The second-order valence-electron chi connectivity index (χ2n) is 4.85. The molecule has 0 amide bonds. The van der Waals surface area contributed by atoms with E-state index in [0.717, 1.165) is 0 Å². The van der Waals surface area contributed by atoms with E-state index in [2.05, 4.69) is 41.1 Å². The minimum atomic E-state index is 0.555. The van der Waals surface area contributed by atoms with Gasteiger partial charge in [-0.05, 0) is 48.8 Å². The lowest BCUT2D eigenvalue weighted by atomic mass is 9.89. The number of alkyl halides is 1. The van der Waals surface area contributed by atoms with Crippen LogP contribution in [0.3, 0.4) is 0 Å². The first-order valence-corrected chi connectivity index (χ1v) is 7.48. The first-order chi connectivity index (χ1) is 7.81. The highest BCUT2D eigenvalue weighted by Gasteiger charge is 2.12. The van der Waals surface area contributed by atoms with Crippen molar-refractivity contribution in [3.05, 3.63) is 34.9 Å². The maximum Gasteiger partial charge on any atom is 0.0395 e. The Kier molecular flexibility index (Phi) is 4.45. The van der Waals surface area contributed by atoms with Crippen molar-refractivity contribution in [2.45, 2.75) is 56.7 Å². The predicted octanol–water partition coefficient (Wildman–Crippen LogP) is 5.19. The molecule has 16 heavy (non-hydrogen) atoms. The summed E-state index contributed by atoms with van der Waals surface area (Å²) in [5, 5.41) is 0. The van der Waals surface area contributed by atoms with E-state index in [1.807, 2.05) is 0 Å². The summed E-state index contributed by atoms with van der Waals surface area (Å²) in [6.07, 6.45) is 9.18. The topological polar surface area (TPSA) is 0 Å². The third kappa shape index (κ3) is 2.88. The van der Waals surface area contributed by atoms with Crippen LogP contribution in [0.15, 0.2) is 18.2 Å². The molecule has 1 atom stereocenters. The smallest absolute Gasteiger partial charge is 0.0395 e. The summed E-state index contributed by atoms with van der Waals surface area (Å²) in [6.45, 7) is 2.26. The second kappa shape index (κ2) is 5.86. The van der Waals surface area contributed by atoms with Crippen LogP contribution < -0.4 is 0 Å². The number of aryl methyl sites for hydroxylation is 2. The normalized spacial score (nSPS) is 16.9. The number of fused-ring (bicyclic) bond motifs is 1. The predicted molar refractivity (Wildman–Crippen MR) is 74.3 cm³/mol. The molecule has 1 heteroatoms. The molecule has 1 aromatic carbocycles. The number of unbranched alkanes of at least 4 members (excludes halogenated alkanes) is 1. The maximum absolute atomic E-state index is 3.81. The van der Waals surface area contributed by atoms with Gasteiger partial charge in [-0.3, -0.25) is 0 Å². The molecule has 1 aliphatic carbocycles. The Morgan fingerprint density at radius 1 is 1.19 bits per heavy atom. The Morgan fingerprint density at radius 3 is 2.69 bits per heavy atom. The summed E-state index contributed by atoms with van der Waals surface area (Å²) in [6, 6.07) is 7.10. The summed E-state index contributed by atoms with van der Waals surface area (Å²) in [5.41, 5.74) is 4.67. The molecule has 2 rings (SSSR count). The number of halogens is 1. The fourth-order valence-electron chi connectivity index (χ4n) is 2.50. The van der Waals surface area contributed by atoms with Gasteiger partial charge in [-0.25, -0.2) is 0 Å². The minimum Gasteiger partial charge on any atom is -0.0839 e. The van der Waals surface area contributed by atoms with Crippen LogP contribution in [0.4, 0.5) is 0 Å². The SMILES string of the molecule is CCCCC(Br)c1ccc2c(c1)CCCC2. The van der Waals surface area contributed by atoms with E-state index >= 15 is 0 Å². The molecule has 0 N–H and O–H groups in total. The number of rotatable bonds is 4. The molecule has 0 saturated carbocycles. The second-order valence-corrected chi connectivity index (χ2v) is 5.95. The van der Waals surface area contributed by atoms with Crippen LogP contribution in [-0.2, 0) is 12.8 Å². The largest absolute Gasteiger partial charge is 0.0839 e. The standard InChI is InChI=1S/C15H21Br/c1-2-3-8-15(16)14-10-9-12-6-4-5-7-13(12)11-14/h9-11,15H,2-8H2,1H3. The summed E-state index contributed by atoms with van der Waals surface area (Å²) < 4.78 is 0. The van der Waals surface area contributed by atoms with Gasteiger partial charge in [0.25, 0.3) is 0 Å². The Bertz CT molecular complexity index is 343. The minimum absolute atomic E-state index is 0.555. The first kappa shape index (κ1) is 12.2. The molecule has 0 fully saturated rings. The van der Waals surface area contributed by atoms with E-state index < -0.39 is 0 Å². The van der Waals surface area contributed by atoms with Crippen molar-refractivity contribution >= 4 is 15.9 Å². The highest BCUT2D eigenvalue weighted by molar-refractivity contribution is 9.09. The zero-order valence-electron chi connectivity index (χ0n) is 10.1. The van der Waals surface area contributed by atoms with Crippen LogP contribution >= 0.6 is 15.9 Å². The molecule has 1 unspecified atom stereocenters. The van der Waals surface area contributed by atoms with Gasteiger partial charge in [0.05, 0.1) is 0 Å². The highest BCUT2D eigenvalue weighted by Crippen LogP contribution is 2.31. The van der Waals surface area contributed by atoms with Gasteiger partial charge in [0.1, 0.15) is 0 Å². The molecular weight excluding hydrogens is 260 g/mol. The van der Waals surface area contributed by atoms with Crippen molar-refractivity contribution in [2.24, 2.45) is 0 Å². The van der Waals surface area contributed by atoms with Gasteiger partial charge in [0.15, 0.2) is 0 Å². The van der Waals surface area contributed by atoms with Gasteiger partial charge in [-0.15, -0.1) is 0 Å². The van der Waals surface area contributed by atoms with Crippen LogP contribution in [0.5, 0.6) is 0 Å². The zero-order chi connectivity index (χ0) is 11.4. The van der Waals surface area contributed by atoms with Crippen molar-refractivity contribution in [3.63, 3.8) is 0 Å². The van der Waals surface area contributed by atoms with E-state index in [1.54, 1.807) is 11.1 Å². The molecule has 1 aromatic rings. The summed E-state index contributed by atoms with van der Waals surface area (Å²) in [5.74, 6) is 0. The van der Waals surface area contributed by atoms with Crippen molar-refractivity contribution in [1.29, 1.82) is 0 Å². The fourth-order valence-corrected chi connectivity index (χ4v) is 3.11. The van der Waals surface area contributed by atoms with Gasteiger partial charge >= 0.3 is 0 Å². The van der Waals surface area contributed by atoms with E-state index in [-0.39, 0.29) is 0 Å². The average Bonchev–Trinajstić information content (AvgIpc) is 2.35. The summed E-state index contributed by atoms with van der Waals surface area (Å²) in [7, 11) is 0. The third-order valence-corrected chi connectivity index (χ3v) is 4.53. The lowest BCUT2D eigenvalue weighted by molar-refractivity contribution is 0.679. The van der Waals surface area contributed by atoms with Crippen LogP contribution in [0, 0.1) is 0 Å². The quantitative estimate of drug-likeness (QED) is 0.666. The van der Waals surface area contributed by atoms with Crippen LogP contribution in [-0.4, -0.2) is 0 Å². The van der Waals surface area contributed by atoms with E-state index in [0.29, 0.717) is 4.83 Å². The van der Waals surface area contributed by atoms with Gasteiger partial charge < -0.3 is 0 Å². The zero-order valence-corrected chi connectivity index (χ0v) is 11.7. The lowest BCUT2D eigenvalue weighted by Crippen LogP contribution is -2.03.